The van der Waals surface area contributed by atoms with Crippen molar-refractivity contribution in [2.45, 2.75) is 19.4 Å². The van der Waals surface area contributed by atoms with Gasteiger partial charge in [-0.1, -0.05) is 43.3 Å². The first-order valence-corrected chi connectivity index (χ1v) is 7.19. The molecule has 2 atom stereocenters. The van der Waals surface area contributed by atoms with Gasteiger partial charge in [-0.15, -0.1) is 0 Å². The summed E-state index contributed by atoms with van der Waals surface area (Å²) in [7, 11) is 0. The summed E-state index contributed by atoms with van der Waals surface area (Å²) in [4.78, 5) is 0. The SMILES string of the molecule is CC(CCO)CNCC(O)c1ccc2ccccc2c1. The van der Waals surface area contributed by atoms with E-state index in [4.69, 9.17) is 5.11 Å². The lowest BCUT2D eigenvalue weighted by atomic mass is 10.0. The number of rotatable bonds is 7. The summed E-state index contributed by atoms with van der Waals surface area (Å²) in [6.07, 6.45) is 0.292. The van der Waals surface area contributed by atoms with E-state index in [1.807, 2.05) is 30.3 Å². The molecule has 108 valence electrons. The van der Waals surface area contributed by atoms with Gasteiger partial charge < -0.3 is 15.5 Å². The van der Waals surface area contributed by atoms with E-state index in [0.29, 0.717) is 12.5 Å². The number of hydrogen-bond donors (Lipinski definition) is 3. The van der Waals surface area contributed by atoms with Crippen LogP contribution in [-0.4, -0.2) is 29.9 Å². The van der Waals surface area contributed by atoms with Crippen molar-refractivity contribution in [3.8, 4) is 0 Å². The van der Waals surface area contributed by atoms with Gasteiger partial charge in [-0.2, -0.15) is 0 Å². The summed E-state index contributed by atoms with van der Waals surface area (Å²) >= 11 is 0. The first-order valence-electron chi connectivity index (χ1n) is 7.19. The molecule has 0 radical (unpaired) electrons. The molecule has 0 bridgehead atoms. The van der Waals surface area contributed by atoms with Gasteiger partial charge in [0, 0.05) is 13.2 Å². The minimum absolute atomic E-state index is 0.218. The second kappa shape index (κ2) is 7.39. The average Bonchev–Trinajstić information content (AvgIpc) is 2.47. The third kappa shape index (κ3) is 4.04. The van der Waals surface area contributed by atoms with Crippen LogP contribution in [0, 0.1) is 5.92 Å². The summed E-state index contributed by atoms with van der Waals surface area (Å²) in [6, 6.07) is 14.2. The van der Waals surface area contributed by atoms with Gasteiger partial charge >= 0.3 is 0 Å². The number of aliphatic hydroxyl groups is 2. The highest BCUT2D eigenvalue weighted by molar-refractivity contribution is 5.83. The molecule has 0 amide bonds. The molecule has 2 unspecified atom stereocenters. The lowest BCUT2D eigenvalue weighted by Crippen LogP contribution is -2.26. The second-order valence-corrected chi connectivity index (χ2v) is 5.40. The van der Waals surface area contributed by atoms with E-state index in [2.05, 4.69) is 24.4 Å². The molecule has 0 fully saturated rings. The molecule has 2 rings (SSSR count). The Labute approximate surface area is 120 Å². The van der Waals surface area contributed by atoms with Crippen LogP contribution < -0.4 is 5.32 Å². The zero-order valence-electron chi connectivity index (χ0n) is 11.9. The monoisotopic (exact) mass is 273 g/mol. The predicted octanol–water partition coefficient (Wildman–Crippen LogP) is 2.48. The maximum atomic E-state index is 10.2. The normalized spacial score (nSPS) is 14.3. The van der Waals surface area contributed by atoms with E-state index in [1.54, 1.807) is 0 Å². The molecule has 2 aromatic carbocycles. The van der Waals surface area contributed by atoms with E-state index in [1.165, 1.54) is 5.39 Å². The zero-order valence-corrected chi connectivity index (χ0v) is 11.9. The maximum absolute atomic E-state index is 10.2. The molecule has 0 aliphatic rings. The largest absolute Gasteiger partial charge is 0.396 e. The van der Waals surface area contributed by atoms with Crippen molar-refractivity contribution in [2.75, 3.05) is 19.7 Å². The molecule has 0 aliphatic heterocycles. The Morgan fingerprint density at radius 3 is 2.55 bits per heavy atom. The Bertz CT molecular complexity index is 541. The van der Waals surface area contributed by atoms with Crippen molar-refractivity contribution in [1.82, 2.24) is 5.32 Å². The quantitative estimate of drug-likeness (QED) is 0.726. The fourth-order valence-electron chi connectivity index (χ4n) is 2.32. The molecule has 0 spiro atoms. The van der Waals surface area contributed by atoms with Crippen LogP contribution in [0.2, 0.25) is 0 Å². The van der Waals surface area contributed by atoms with E-state index in [-0.39, 0.29) is 6.61 Å². The summed E-state index contributed by atoms with van der Waals surface area (Å²) in [5.74, 6) is 0.420. The molecule has 0 aliphatic carbocycles. The van der Waals surface area contributed by atoms with Crippen molar-refractivity contribution in [1.29, 1.82) is 0 Å². The Balaban J connectivity index is 1.92. The zero-order chi connectivity index (χ0) is 14.4. The van der Waals surface area contributed by atoms with Gasteiger partial charge in [-0.3, -0.25) is 0 Å². The Morgan fingerprint density at radius 2 is 1.80 bits per heavy atom. The minimum Gasteiger partial charge on any atom is -0.396 e. The molecule has 0 aromatic heterocycles. The first-order chi connectivity index (χ1) is 9.70. The van der Waals surface area contributed by atoms with Crippen molar-refractivity contribution >= 4 is 10.8 Å². The number of fused-ring (bicyclic) bond motifs is 1. The van der Waals surface area contributed by atoms with Crippen LogP contribution in [0.5, 0.6) is 0 Å². The van der Waals surface area contributed by atoms with Crippen molar-refractivity contribution in [3.05, 3.63) is 48.0 Å². The lowest BCUT2D eigenvalue weighted by Gasteiger charge is -2.15. The Morgan fingerprint density at radius 1 is 1.05 bits per heavy atom. The average molecular weight is 273 g/mol. The summed E-state index contributed by atoms with van der Waals surface area (Å²) in [5, 5.41) is 24.7. The predicted molar refractivity (Wildman–Crippen MR) is 82.6 cm³/mol. The molecule has 3 nitrogen and oxygen atoms in total. The molecular weight excluding hydrogens is 250 g/mol. The molecule has 0 heterocycles. The van der Waals surface area contributed by atoms with Crippen molar-refractivity contribution in [3.63, 3.8) is 0 Å². The van der Waals surface area contributed by atoms with Crippen LogP contribution >= 0.6 is 0 Å². The highest BCUT2D eigenvalue weighted by Crippen LogP contribution is 2.20. The van der Waals surface area contributed by atoms with Gasteiger partial charge in [-0.05, 0) is 41.3 Å². The fourth-order valence-corrected chi connectivity index (χ4v) is 2.32. The molecule has 3 N–H and O–H groups in total. The van der Waals surface area contributed by atoms with Crippen LogP contribution in [0.3, 0.4) is 0 Å². The topological polar surface area (TPSA) is 52.5 Å². The van der Waals surface area contributed by atoms with Gasteiger partial charge in [-0.25, -0.2) is 0 Å². The van der Waals surface area contributed by atoms with Gasteiger partial charge in [0.2, 0.25) is 0 Å². The molecule has 20 heavy (non-hydrogen) atoms. The summed E-state index contributed by atoms with van der Waals surface area (Å²) < 4.78 is 0. The fraction of sp³-hybridized carbons (Fsp3) is 0.412. The number of aliphatic hydroxyl groups excluding tert-OH is 2. The Kier molecular flexibility index (Phi) is 5.53. The maximum Gasteiger partial charge on any atom is 0.0914 e. The van der Waals surface area contributed by atoms with Crippen molar-refractivity contribution < 1.29 is 10.2 Å². The standard InChI is InChI=1S/C17H23NO2/c1-13(8-9-19)11-18-12-17(20)16-7-6-14-4-2-3-5-15(14)10-16/h2-7,10,13,17-20H,8-9,11-12H2,1H3. The van der Waals surface area contributed by atoms with E-state index in [0.717, 1.165) is 23.9 Å². The number of hydrogen-bond acceptors (Lipinski definition) is 3. The number of nitrogens with one attached hydrogen (secondary N) is 1. The highest BCUT2D eigenvalue weighted by Gasteiger charge is 2.08. The molecule has 3 heteroatoms. The van der Waals surface area contributed by atoms with Gasteiger partial charge in [0.15, 0.2) is 0 Å². The van der Waals surface area contributed by atoms with Crippen LogP contribution in [0.25, 0.3) is 10.8 Å². The van der Waals surface area contributed by atoms with Gasteiger partial charge in [0.05, 0.1) is 6.10 Å². The lowest BCUT2D eigenvalue weighted by molar-refractivity contribution is 0.171. The van der Waals surface area contributed by atoms with Crippen molar-refractivity contribution in [2.24, 2.45) is 5.92 Å². The second-order valence-electron chi connectivity index (χ2n) is 5.40. The first kappa shape index (κ1) is 15.0. The van der Waals surface area contributed by atoms with Crippen LogP contribution in [0.4, 0.5) is 0 Å². The number of benzene rings is 2. The van der Waals surface area contributed by atoms with Crippen LogP contribution in [-0.2, 0) is 0 Å². The molecule has 0 saturated heterocycles. The third-order valence-electron chi connectivity index (χ3n) is 3.61. The van der Waals surface area contributed by atoms with E-state index < -0.39 is 6.10 Å². The molecule has 2 aromatic rings. The highest BCUT2D eigenvalue weighted by atomic mass is 16.3. The van der Waals surface area contributed by atoms with Crippen LogP contribution in [0.15, 0.2) is 42.5 Å². The Hall–Kier alpha value is -1.42. The van der Waals surface area contributed by atoms with Crippen LogP contribution in [0.1, 0.15) is 25.0 Å². The third-order valence-corrected chi connectivity index (χ3v) is 3.61. The molecule has 0 saturated carbocycles. The smallest absolute Gasteiger partial charge is 0.0914 e. The van der Waals surface area contributed by atoms with Gasteiger partial charge in [0.25, 0.3) is 0 Å². The molecular formula is C17H23NO2. The summed E-state index contributed by atoms with van der Waals surface area (Å²) in [6.45, 7) is 3.65. The van der Waals surface area contributed by atoms with Gasteiger partial charge in [0.1, 0.15) is 0 Å². The summed E-state index contributed by atoms with van der Waals surface area (Å²) in [5.41, 5.74) is 0.936. The van der Waals surface area contributed by atoms with E-state index in [9.17, 15) is 5.11 Å². The van der Waals surface area contributed by atoms with E-state index >= 15 is 0 Å². The minimum atomic E-state index is -0.499.